The largest absolute Gasteiger partial charge is 0.455 e. The minimum absolute atomic E-state index is 0.886. The van der Waals surface area contributed by atoms with Crippen molar-refractivity contribution in [3.8, 4) is 22.3 Å². The van der Waals surface area contributed by atoms with Gasteiger partial charge in [0.2, 0.25) is 0 Å². The van der Waals surface area contributed by atoms with Crippen molar-refractivity contribution < 1.29 is 8.83 Å². The van der Waals surface area contributed by atoms with Crippen molar-refractivity contribution in [2.45, 2.75) is 0 Å². The number of hydrogen-bond acceptors (Lipinski definition) is 4. The number of furan rings is 2. The average molecular weight is 895 g/mol. The standard InChI is InChI=1S/C66H42N2O2/c1-3-23-47(24-4-1)67(49-27-15-21-43(39-49)53-33-17-35-57-55-31-11-13-37-61(55)69-65(53)57)63-51-29-9-7-19-45(51)42-60-59(63)41-46-20-8-10-30-52(46)64(60)68(48-25-5-2-6-26-48)50-28-16-22-44(40-50)54-34-18-36-58-56-32-12-14-38-62(56)70-66(54)58/h1-42H. The van der Waals surface area contributed by atoms with E-state index in [0.29, 0.717) is 0 Å². The summed E-state index contributed by atoms with van der Waals surface area (Å²) in [6, 6.07) is 91.4. The van der Waals surface area contributed by atoms with E-state index in [-0.39, 0.29) is 0 Å². The van der Waals surface area contributed by atoms with Crippen LogP contribution < -0.4 is 9.80 Å². The van der Waals surface area contributed by atoms with Gasteiger partial charge in [-0.3, -0.25) is 0 Å². The SMILES string of the molecule is c1ccc(N(c2cccc(-c3cccc4c3oc3ccccc34)c2)c2c3ccccc3cc3c(N(c4ccccc4)c4cccc(-c5cccc6c5oc5ccccc56)c4)c4ccccc4cc23)cc1. The second-order valence-electron chi connectivity index (χ2n) is 18.0. The van der Waals surface area contributed by atoms with Gasteiger partial charge in [-0.05, 0) is 94.7 Å². The van der Waals surface area contributed by atoms with E-state index in [1.54, 1.807) is 0 Å². The van der Waals surface area contributed by atoms with Gasteiger partial charge < -0.3 is 18.6 Å². The molecule has 70 heavy (non-hydrogen) atoms. The van der Waals surface area contributed by atoms with Crippen molar-refractivity contribution in [2.24, 2.45) is 0 Å². The van der Waals surface area contributed by atoms with Gasteiger partial charge in [-0.1, -0.05) is 182 Å². The molecule has 14 aromatic rings. The molecular formula is C66H42N2O2. The van der Waals surface area contributed by atoms with Crippen LogP contribution in [0.15, 0.2) is 264 Å². The number of hydrogen-bond donors (Lipinski definition) is 0. The predicted molar refractivity (Wildman–Crippen MR) is 294 cm³/mol. The van der Waals surface area contributed by atoms with Crippen LogP contribution in [-0.4, -0.2) is 0 Å². The van der Waals surface area contributed by atoms with Gasteiger partial charge in [0.15, 0.2) is 0 Å². The van der Waals surface area contributed by atoms with E-state index < -0.39 is 0 Å². The van der Waals surface area contributed by atoms with E-state index in [1.807, 2.05) is 12.1 Å². The highest BCUT2D eigenvalue weighted by molar-refractivity contribution is 6.24. The lowest BCUT2D eigenvalue weighted by atomic mass is 9.93. The van der Waals surface area contributed by atoms with Gasteiger partial charge in [-0.25, -0.2) is 0 Å². The zero-order valence-electron chi connectivity index (χ0n) is 38.0. The van der Waals surface area contributed by atoms with E-state index in [1.165, 1.54) is 0 Å². The number of nitrogens with zero attached hydrogens (tertiary/aromatic N) is 2. The number of rotatable bonds is 8. The summed E-state index contributed by atoms with van der Waals surface area (Å²) >= 11 is 0. The first-order valence-corrected chi connectivity index (χ1v) is 23.8. The molecule has 2 aromatic heterocycles. The third kappa shape index (κ3) is 6.38. The first-order valence-electron chi connectivity index (χ1n) is 23.8. The molecule has 0 amide bonds. The average Bonchev–Trinajstić information content (AvgIpc) is 4.01. The summed E-state index contributed by atoms with van der Waals surface area (Å²) in [6.07, 6.45) is 0. The van der Waals surface area contributed by atoms with Crippen LogP contribution >= 0.6 is 0 Å². The predicted octanol–water partition coefficient (Wildman–Crippen LogP) is 19.2. The Labute approximate surface area is 404 Å². The maximum atomic E-state index is 6.61. The van der Waals surface area contributed by atoms with Crippen molar-refractivity contribution in [1.82, 2.24) is 0 Å². The lowest BCUT2D eigenvalue weighted by Gasteiger charge is -2.32. The molecule has 0 N–H and O–H groups in total. The van der Waals surface area contributed by atoms with Gasteiger partial charge >= 0.3 is 0 Å². The minimum atomic E-state index is 0.886. The molecule has 0 aliphatic rings. The molecule has 0 saturated carbocycles. The summed E-state index contributed by atoms with van der Waals surface area (Å²) in [5.41, 5.74) is 14.2. The number of benzene rings is 12. The molecule has 0 saturated heterocycles. The zero-order valence-corrected chi connectivity index (χ0v) is 38.0. The summed E-state index contributed by atoms with van der Waals surface area (Å²) in [6.45, 7) is 0. The van der Waals surface area contributed by atoms with Crippen molar-refractivity contribution in [2.75, 3.05) is 9.80 Å². The molecule has 328 valence electrons. The Morgan fingerprint density at radius 3 is 1.06 bits per heavy atom. The Bertz CT molecular complexity index is 4040. The molecule has 4 nitrogen and oxygen atoms in total. The van der Waals surface area contributed by atoms with Gasteiger partial charge in [0.1, 0.15) is 22.3 Å². The number of para-hydroxylation sites is 6. The van der Waals surface area contributed by atoms with E-state index in [0.717, 1.165) is 133 Å². The number of fused-ring (bicyclic) bond motifs is 9. The second kappa shape index (κ2) is 16.2. The molecular weight excluding hydrogens is 853 g/mol. The molecule has 0 bridgehead atoms. The van der Waals surface area contributed by atoms with Crippen molar-refractivity contribution in [1.29, 1.82) is 0 Å². The zero-order chi connectivity index (χ0) is 46.1. The quantitative estimate of drug-likeness (QED) is 0.142. The molecule has 0 radical (unpaired) electrons. The Morgan fingerprint density at radius 1 is 0.243 bits per heavy atom. The summed E-state index contributed by atoms with van der Waals surface area (Å²) in [7, 11) is 0. The Morgan fingerprint density at radius 2 is 0.600 bits per heavy atom. The van der Waals surface area contributed by atoms with Crippen LogP contribution in [0.4, 0.5) is 34.1 Å². The molecule has 0 aliphatic carbocycles. The highest BCUT2D eigenvalue weighted by atomic mass is 16.3. The van der Waals surface area contributed by atoms with Gasteiger partial charge in [0.05, 0.1) is 11.4 Å². The molecule has 0 unspecified atom stereocenters. The lowest BCUT2D eigenvalue weighted by Crippen LogP contribution is -2.13. The highest BCUT2D eigenvalue weighted by Crippen LogP contribution is 2.51. The summed E-state index contributed by atoms with van der Waals surface area (Å²) in [5, 5.41) is 11.3. The Kier molecular flexibility index (Phi) is 9.17. The van der Waals surface area contributed by atoms with E-state index in [9.17, 15) is 0 Å². The molecule has 4 heteroatoms. The molecule has 0 atom stereocenters. The molecule has 0 fully saturated rings. The maximum Gasteiger partial charge on any atom is 0.143 e. The van der Waals surface area contributed by atoms with Crippen LogP contribution in [0.5, 0.6) is 0 Å². The van der Waals surface area contributed by atoms with Gasteiger partial charge in [-0.2, -0.15) is 0 Å². The first-order chi connectivity index (χ1) is 34.7. The third-order valence-corrected chi connectivity index (χ3v) is 13.9. The monoisotopic (exact) mass is 894 g/mol. The summed E-state index contributed by atoms with van der Waals surface area (Å²) in [5.74, 6) is 0. The van der Waals surface area contributed by atoms with Gasteiger partial charge in [0.25, 0.3) is 0 Å². The Hall–Kier alpha value is -9.38. The van der Waals surface area contributed by atoms with Crippen LogP contribution in [0.3, 0.4) is 0 Å². The van der Waals surface area contributed by atoms with E-state index in [2.05, 4.69) is 252 Å². The second-order valence-corrected chi connectivity index (χ2v) is 18.0. The van der Waals surface area contributed by atoms with Crippen molar-refractivity contribution >= 4 is 110 Å². The van der Waals surface area contributed by atoms with Gasteiger partial charge in [-0.15, -0.1) is 0 Å². The van der Waals surface area contributed by atoms with Crippen LogP contribution in [0.25, 0.3) is 98.4 Å². The van der Waals surface area contributed by atoms with Crippen LogP contribution in [0.1, 0.15) is 0 Å². The molecule has 12 aromatic carbocycles. The normalized spacial score (nSPS) is 11.7. The van der Waals surface area contributed by atoms with Crippen molar-refractivity contribution in [3.05, 3.63) is 255 Å². The molecule has 2 heterocycles. The van der Waals surface area contributed by atoms with E-state index in [4.69, 9.17) is 8.83 Å². The lowest BCUT2D eigenvalue weighted by molar-refractivity contribution is 0.669. The minimum Gasteiger partial charge on any atom is -0.455 e. The van der Waals surface area contributed by atoms with Crippen LogP contribution in [0, 0.1) is 0 Å². The fourth-order valence-corrected chi connectivity index (χ4v) is 10.9. The summed E-state index contributed by atoms with van der Waals surface area (Å²) in [4.78, 5) is 4.90. The van der Waals surface area contributed by atoms with Crippen LogP contribution in [-0.2, 0) is 0 Å². The fraction of sp³-hybridized carbons (Fsp3) is 0. The fourth-order valence-electron chi connectivity index (χ4n) is 10.9. The first kappa shape index (κ1) is 39.8. The molecule has 0 aliphatic heterocycles. The molecule has 0 spiro atoms. The summed E-state index contributed by atoms with van der Waals surface area (Å²) < 4.78 is 13.2. The molecule has 14 rings (SSSR count). The maximum absolute atomic E-state index is 6.61. The highest BCUT2D eigenvalue weighted by Gasteiger charge is 2.26. The third-order valence-electron chi connectivity index (χ3n) is 13.9. The Balaban J connectivity index is 1.04. The van der Waals surface area contributed by atoms with Gasteiger partial charge in [0, 0.05) is 77.0 Å². The smallest absolute Gasteiger partial charge is 0.143 e. The van der Waals surface area contributed by atoms with Crippen LogP contribution in [0.2, 0.25) is 0 Å². The van der Waals surface area contributed by atoms with Crippen molar-refractivity contribution in [3.63, 3.8) is 0 Å². The van der Waals surface area contributed by atoms with E-state index >= 15 is 0 Å². The topological polar surface area (TPSA) is 32.8 Å². The number of anilines is 6.